The molecular formula is C10H9NO3. The minimum atomic E-state index is -0.382. The first kappa shape index (κ1) is 8.90. The van der Waals surface area contributed by atoms with Crippen molar-refractivity contribution in [3.05, 3.63) is 35.4 Å². The molecule has 0 saturated carbocycles. The van der Waals surface area contributed by atoms with E-state index in [9.17, 15) is 9.59 Å². The first-order chi connectivity index (χ1) is 6.75. The summed E-state index contributed by atoms with van der Waals surface area (Å²) >= 11 is 0. The Kier molecular flexibility index (Phi) is 2.05. The Morgan fingerprint density at radius 1 is 1.14 bits per heavy atom. The highest BCUT2D eigenvalue weighted by atomic mass is 16.7. The maximum atomic E-state index is 11.6. The summed E-state index contributed by atoms with van der Waals surface area (Å²) in [6.45, 7) is 2.02. The number of benzene rings is 1. The topological polar surface area (TPSA) is 46.6 Å². The van der Waals surface area contributed by atoms with Gasteiger partial charge < -0.3 is 0 Å². The summed E-state index contributed by atoms with van der Waals surface area (Å²) < 4.78 is 0. The van der Waals surface area contributed by atoms with Crippen LogP contribution >= 0.6 is 0 Å². The Bertz CT molecular complexity index is 365. The molecule has 4 heteroatoms. The zero-order chi connectivity index (χ0) is 10.1. The van der Waals surface area contributed by atoms with Gasteiger partial charge in [0.2, 0.25) is 0 Å². The van der Waals surface area contributed by atoms with E-state index in [1.807, 2.05) is 0 Å². The van der Waals surface area contributed by atoms with E-state index >= 15 is 0 Å². The van der Waals surface area contributed by atoms with Gasteiger partial charge in [0.05, 0.1) is 17.7 Å². The second-order valence-electron chi connectivity index (χ2n) is 2.87. The van der Waals surface area contributed by atoms with Gasteiger partial charge in [-0.1, -0.05) is 12.1 Å². The number of nitrogens with zero attached hydrogens (tertiary/aromatic N) is 1. The average Bonchev–Trinajstić information content (AvgIpc) is 2.45. The van der Waals surface area contributed by atoms with Gasteiger partial charge in [0.1, 0.15) is 0 Å². The molecule has 0 bridgehead atoms. The molecule has 1 aromatic rings. The summed E-state index contributed by atoms with van der Waals surface area (Å²) in [5.41, 5.74) is 0.817. The lowest BCUT2D eigenvalue weighted by Gasteiger charge is -2.10. The highest BCUT2D eigenvalue weighted by Crippen LogP contribution is 2.22. The Morgan fingerprint density at radius 3 is 2.07 bits per heavy atom. The minimum Gasteiger partial charge on any atom is -0.266 e. The van der Waals surface area contributed by atoms with E-state index in [1.54, 1.807) is 31.2 Å². The fourth-order valence-electron chi connectivity index (χ4n) is 1.41. The summed E-state index contributed by atoms with van der Waals surface area (Å²) in [7, 11) is 0. The second-order valence-corrected chi connectivity index (χ2v) is 2.87. The zero-order valence-electron chi connectivity index (χ0n) is 7.69. The highest BCUT2D eigenvalue weighted by molar-refractivity contribution is 6.20. The number of rotatable bonds is 2. The molecule has 1 heterocycles. The third kappa shape index (κ3) is 1.12. The molecule has 0 fully saturated rings. The first-order valence-corrected chi connectivity index (χ1v) is 4.36. The number of imide groups is 1. The Hall–Kier alpha value is -1.68. The van der Waals surface area contributed by atoms with Crippen molar-refractivity contribution in [3.63, 3.8) is 0 Å². The molecule has 0 atom stereocenters. The van der Waals surface area contributed by atoms with Crippen LogP contribution in [0.3, 0.4) is 0 Å². The SMILES string of the molecule is CCON1C(=O)c2ccccc2C1=O. The van der Waals surface area contributed by atoms with Gasteiger partial charge >= 0.3 is 0 Å². The first-order valence-electron chi connectivity index (χ1n) is 4.36. The molecule has 2 amide bonds. The normalized spacial score (nSPS) is 14.8. The van der Waals surface area contributed by atoms with Gasteiger partial charge in [0, 0.05) is 0 Å². The maximum absolute atomic E-state index is 11.6. The van der Waals surface area contributed by atoms with Gasteiger partial charge in [-0.05, 0) is 19.1 Å². The van der Waals surface area contributed by atoms with Crippen LogP contribution in [0.5, 0.6) is 0 Å². The monoisotopic (exact) mass is 191 g/mol. The summed E-state index contributed by atoms with van der Waals surface area (Å²) in [6, 6.07) is 6.68. The van der Waals surface area contributed by atoms with Crippen molar-refractivity contribution in [2.75, 3.05) is 6.61 Å². The van der Waals surface area contributed by atoms with Crippen molar-refractivity contribution in [2.24, 2.45) is 0 Å². The van der Waals surface area contributed by atoms with Gasteiger partial charge in [-0.2, -0.15) is 0 Å². The van der Waals surface area contributed by atoms with E-state index in [0.717, 1.165) is 5.06 Å². The highest BCUT2D eigenvalue weighted by Gasteiger charge is 2.35. The summed E-state index contributed by atoms with van der Waals surface area (Å²) in [5, 5.41) is 0.810. The number of hydroxylamine groups is 2. The maximum Gasteiger partial charge on any atom is 0.285 e. The smallest absolute Gasteiger partial charge is 0.266 e. The number of hydrogen-bond acceptors (Lipinski definition) is 3. The van der Waals surface area contributed by atoms with Crippen LogP contribution < -0.4 is 0 Å². The fourth-order valence-corrected chi connectivity index (χ4v) is 1.41. The molecule has 2 rings (SSSR count). The molecule has 1 aromatic carbocycles. The van der Waals surface area contributed by atoms with E-state index in [4.69, 9.17) is 4.84 Å². The van der Waals surface area contributed by atoms with Crippen LogP contribution in [0.2, 0.25) is 0 Å². The van der Waals surface area contributed by atoms with Gasteiger partial charge in [-0.25, -0.2) is 0 Å². The molecule has 0 radical (unpaired) electrons. The average molecular weight is 191 g/mol. The Balaban J connectivity index is 2.43. The van der Waals surface area contributed by atoms with Crippen LogP contribution in [0, 0.1) is 0 Å². The third-order valence-corrected chi connectivity index (χ3v) is 2.01. The molecule has 1 aliphatic heterocycles. The molecule has 0 unspecified atom stereocenters. The lowest BCUT2D eigenvalue weighted by molar-refractivity contribution is -0.0863. The van der Waals surface area contributed by atoms with Crippen molar-refractivity contribution in [1.29, 1.82) is 0 Å². The van der Waals surface area contributed by atoms with E-state index in [2.05, 4.69) is 0 Å². The second kappa shape index (κ2) is 3.23. The molecule has 72 valence electrons. The molecule has 4 nitrogen and oxygen atoms in total. The standard InChI is InChI=1S/C10H9NO3/c1-2-14-11-9(12)7-5-3-4-6-8(7)10(11)13/h3-6H,2H2,1H3. The van der Waals surface area contributed by atoms with Crippen molar-refractivity contribution in [3.8, 4) is 0 Å². The van der Waals surface area contributed by atoms with Crippen LogP contribution in [0.4, 0.5) is 0 Å². The van der Waals surface area contributed by atoms with Crippen LogP contribution in [0.15, 0.2) is 24.3 Å². The van der Waals surface area contributed by atoms with E-state index in [0.29, 0.717) is 17.7 Å². The third-order valence-electron chi connectivity index (χ3n) is 2.01. The Morgan fingerprint density at radius 2 is 1.64 bits per heavy atom. The number of fused-ring (bicyclic) bond motifs is 1. The summed E-state index contributed by atoms with van der Waals surface area (Å²) in [4.78, 5) is 28.1. The summed E-state index contributed by atoms with van der Waals surface area (Å²) in [5.74, 6) is -0.764. The number of amides is 2. The number of carbonyl (C=O) groups excluding carboxylic acids is 2. The van der Waals surface area contributed by atoms with E-state index < -0.39 is 0 Å². The minimum absolute atomic E-state index is 0.297. The predicted octanol–water partition coefficient (Wildman–Crippen LogP) is 1.23. The molecule has 0 spiro atoms. The number of hydrogen-bond donors (Lipinski definition) is 0. The molecule has 0 aromatic heterocycles. The molecule has 0 aliphatic carbocycles. The van der Waals surface area contributed by atoms with Gasteiger partial charge in [-0.15, -0.1) is 5.06 Å². The van der Waals surface area contributed by atoms with Crippen molar-refractivity contribution >= 4 is 11.8 Å². The molecule has 0 N–H and O–H groups in total. The lowest BCUT2D eigenvalue weighted by atomic mass is 10.1. The fraction of sp³-hybridized carbons (Fsp3) is 0.200. The molecule has 0 saturated heterocycles. The van der Waals surface area contributed by atoms with Crippen LogP contribution in [0.1, 0.15) is 27.6 Å². The Labute approximate surface area is 81.0 Å². The lowest BCUT2D eigenvalue weighted by Crippen LogP contribution is -2.29. The van der Waals surface area contributed by atoms with Crippen LogP contribution in [-0.2, 0) is 4.84 Å². The molecular weight excluding hydrogens is 182 g/mol. The predicted molar refractivity (Wildman–Crippen MR) is 48.6 cm³/mol. The van der Waals surface area contributed by atoms with Crippen LogP contribution in [0.25, 0.3) is 0 Å². The van der Waals surface area contributed by atoms with Crippen molar-refractivity contribution in [1.82, 2.24) is 5.06 Å². The number of carbonyl (C=O) groups is 2. The van der Waals surface area contributed by atoms with E-state index in [1.165, 1.54) is 0 Å². The summed E-state index contributed by atoms with van der Waals surface area (Å²) in [6.07, 6.45) is 0. The van der Waals surface area contributed by atoms with Gasteiger partial charge in [-0.3, -0.25) is 14.4 Å². The van der Waals surface area contributed by atoms with Crippen LogP contribution in [-0.4, -0.2) is 23.5 Å². The van der Waals surface area contributed by atoms with E-state index in [-0.39, 0.29) is 11.8 Å². The van der Waals surface area contributed by atoms with Gasteiger partial charge in [0.25, 0.3) is 11.8 Å². The quantitative estimate of drug-likeness (QED) is 0.660. The molecule has 1 aliphatic rings. The largest absolute Gasteiger partial charge is 0.285 e. The zero-order valence-corrected chi connectivity index (χ0v) is 7.69. The van der Waals surface area contributed by atoms with Gasteiger partial charge in [0.15, 0.2) is 0 Å². The van der Waals surface area contributed by atoms with Crippen molar-refractivity contribution < 1.29 is 14.4 Å². The molecule has 14 heavy (non-hydrogen) atoms. The van der Waals surface area contributed by atoms with Crippen molar-refractivity contribution in [2.45, 2.75) is 6.92 Å².